The van der Waals surface area contributed by atoms with Gasteiger partial charge in [0.25, 0.3) is 0 Å². The summed E-state index contributed by atoms with van der Waals surface area (Å²) in [6.07, 6.45) is 4.97. The average molecular weight is 278 g/mol. The molecule has 2 bridgehead atoms. The average Bonchev–Trinajstić information content (AvgIpc) is 2.62. The fourth-order valence-corrected chi connectivity index (χ4v) is 4.75. The van der Waals surface area contributed by atoms with Gasteiger partial charge in [0.05, 0.1) is 25.0 Å². The maximum atomic E-state index is 12.8. The van der Waals surface area contributed by atoms with Crippen LogP contribution in [0, 0.1) is 11.8 Å². The van der Waals surface area contributed by atoms with Crippen LogP contribution < -0.4 is 17.3 Å². The minimum atomic E-state index is 0. The van der Waals surface area contributed by atoms with Gasteiger partial charge in [0, 0.05) is 24.8 Å². The number of quaternary nitrogens is 1. The van der Waals surface area contributed by atoms with E-state index in [9.17, 15) is 4.79 Å². The summed E-state index contributed by atoms with van der Waals surface area (Å²) in [4.78, 5) is 14.4. The molecule has 0 aromatic heterocycles. The third-order valence-electron chi connectivity index (χ3n) is 5.65. The van der Waals surface area contributed by atoms with Crippen molar-refractivity contribution >= 4 is 5.78 Å². The Bertz CT molecular complexity index is 515. The van der Waals surface area contributed by atoms with E-state index in [1.165, 1.54) is 24.8 Å². The summed E-state index contributed by atoms with van der Waals surface area (Å²) >= 11 is 0. The van der Waals surface area contributed by atoms with Crippen LogP contribution in [0.4, 0.5) is 0 Å². The Morgan fingerprint density at radius 3 is 2.84 bits per heavy atom. The number of rotatable bonds is 0. The highest BCUT2D eigenvalue weighted by molar-refractivity contribution is 6.00. The predicted molar refractivity (Wildman–Crippen MR) is 69.8 cm³/mol. The number of benzene rings is 1. The minimum absolute atomic E-state index is 0. The van der Waals surface area contributed by atoms with E-state index in [-0.39, 0.29) is 12.4 Å². The molecular weight excluding hydrogens is 258 g/mol. The van der Waals surface area contributed by atoms with Crippen molar-refractivity contribution in [3.63, 3.8) is 0 Å². The van der Waals surface area contributed by atoms with Crippen LogP contribution in [0.3, 0.4) is 0 Å². The van der Waals surface area contributed by atoms with Gasteiger partial charge in [-0.2, -0.15) is 0 Å². The Morgan fingerprint density at radius 1 is 1.21 bits per heavy atom. The Balaban J connectivity index is 0.00000110. The van der Waals surface area contributed by atoms with E-state index in [1.54, 1.807) is 4.90 Å². The zero-order valence-electron chi connectivity index (χ0n) is 11.2. The first-order valence-corrected chi connectivity index (χ1v) is 7.21. The molecule has 3 heteroatoms. The van der Waals surface area contributed by atoms with E-state index in [1.807, 2.05) is 12.1 Å². The topological polar surface area (TPSA) is 21.5 Å². The van der Waals surface area contributed by atoms with Crippen molar-refractivity contribution in [3.8, 4) is 0 Å². The third-order valence-corrected chi connectivity index (χ3v) is 5.65. The lowest BCUT2D eigenvalue weighted by Crippen LogP contribution is -3.16. The van der Waals surface area contributed by atoms with Gasteiger partial charge in [-0.15, -0.1) is 0 Å². The van der Waals surface area contributed by atoms with Crippen molar-refractivity contribution in [1.29, 1.82) is 0 Å². The number of carbonyl (C=O) groups excluding carboxylic acids is 1. The van der Waals surface area contributed by atoms with Gasteiger partial charge >= 0.3 is 0 Å². The number of piperidine rings is 1. The summed E-state index contributed by atoms with van der Waals surface area (Å²) in [6.45, 7) is 0. The number of hydrogen-bond acceptors (Lipinski definition) is 1. The van der Waals surface area contributed by atoms with Crippen molar-refractivity contribution in [2.75, 3.05) is 7.05 Å². The Morgan fingerprint density at radius 2 is 2.00 bits per heavy atom. The highest BCUT2D eigenvalue weighted by atomic mass is 35.5. The molecule has 1 aromatic carbocycles. The van der Waals surface area contributed by atoms with Crippen LogP contribution >= 0.6 is 0 Å². The summed E-state index contributed by atoms with van der Waals surface area (Å²) in [5, 5.41) is 0. The second-order valence-corrected chi connectivity index (χ2v) is 6.37. The number of nitrogens with one attached hydrogen (secondary N) is 1. The highest BCUT2D eigenvalue weighted by Gasteiger charge is 2.53. The highest BCUT2D eigenvalue weighted by Crippen LogP contribution is 2.40. The van der Waals surface area contributed by atoms with Crippen LogP contribution in [-0.2, 0) is 6.42 Å². The van der Waals surface area contributed by atoms with E-state index in [2.05, 4.69) is 19.2 Å². The second-order valence-electron chi connectivity index (χ2n) is 6.37. The molecule has 2 aliphatic heterocycles. The molecule has 2 saturated heterocycles. The molecule has 2 fully saturated rings. The zero-order valence-corrected chi connectivity index (χ0v) is 12.0. The minimum Gasteiger partial charge on any atom is -1.00 e. The molecule has 4 rings (SSSR count). The van der Waals surface area contributed by atoms with Gasteiger partial charge in [-0.05, 0) is 17.9 Å². The van der Waals surface area contributed by atoms with Crippen molar-refractivity contribution in [2.24, 2.45) is 11.8 Å². The van der Waals surface area contributed by atoms with Crippen LogP contribution in [0.25, 0.3) is 0 Å². The standard InChI is InChI=1S/C16H19NO.ClH/c1-17-12-6-7-14(17)15-11(9-12)8-10-4-2-3-5-13(10)16(15)18;/h2-5,11-12,14-15H,6-9H2,1H3;1H/t11-,12+,14-,15-;/m1./s1. The number of halogens is 1. The molecule has 2 heterocycles. The van der Waals surface area contributed by atoms with Crippen molar-refractivity contribution < 1.29 is 22.1 Å². The van der Waals surface area contributed by atoms with E-state index < -0.39 is 0 Å². The fraction of sp³-hybridized carbons (Fsp3) is 0.562. The zero-order chi connectivity index (χ0) is 12.3. The molecule has 1 aliphatic carbocycles. The fourth-order valence-electron chi connectivity index (χ4n) is 4.75. The van der Waals surface area contributed by atoms with Crippen LogP contribution in [0.2, 0.25) is 0 Å². The van der Waals surface area contributed by atoms with Crippen LogP contribution in [-0.4, -0.2) is 24.9 Å². The maximum absolute atomic E-state index is 12.8. The molecule has 3 aliphatic rings. The van der Waals surface area contributed by atoms with Crippen molar-refractivity contribution in [1.82, 2.24) is 0 Å². The number of hydrogen-bond donors (Lipinski definition) is 1. The van der Waals surface area contributed by atoms with Gasteiger partial charge in [0.1, 0.15) is 0 Å². The van der Waals surface area contributed by atoms with Gasteiger partial charge in [-0.1, -0.05) is 24.3 Å². The lowest BCUT2D eigenvalue weighted by molar-refractivity contribution is -0.926. The summed E-state index contributed by atoms with van der Waals surface area (Å²) in [5.41, 5.74) is 2.31. The van der Waals surface area contributed by atoms with Crippen LogP contribution in [0.5, 0.6) is 0 Å². The third kappa shape index (κ3) is 1.77. The predicted octanol–water partition coefficient (Wildman–Crippen LogP) is -1.89. The lowest BCUT2D eigenvalue weighted by Gasteiger charge is -2.42. The first kappa shape index (κ1) is 13.1. The van der Waals surface area contributed by atoms with Gasteiger partial charge in [0.2, 0.25) is 0 Å². The Kier molecular flexibility index (Phi) is 3.18. The molecule has 19 heavy (non-hydrogen) atoms. The summed E-state index contributed by atoms with van der Waals surface area (Å²) in [5.74, 6) is 1.36. The lowest BCUT2D eigenvalue weighted by atomic mass is 9.68. The largest absolute Gasteiger partial charge is 1.00 e. The summed E-state index contributed by atoms with van der Waals surface area (Å²) in [7, 11) is 2.30. The van der Waals surface area contributed by atoms with E-state index in [0.717, 1.165) is 18.0 Å². The molecule has 1 N–H and O–H groups in total. The molecule has 0 saturated carbocycles. The Labute approximate surface area is 120 Å². The molecule has 0 spiro atoms. The molecule has 2 nitrogen and oxygen atoms in total. The maximum Gasteiger partial charge on any atom is 0.172 e. The first-order chi connectivity index (χ1) is 8.75. The van der Waals surface area contributed by atoms with E-state index in [4.69, 9.17) is 0 Å². The molecule has 0 amide bonds. The number of Topliss-reactive ketones (excluding diaryl/α,β-unsaturated/α-hetero) is 1. The van der Waals surface area contributed by atoms with Crippen molar-refractivity contribution in [2.45, 2.75) is 37.8 Å². The summed E-state index contributed by atoms with van der Waals surface area (Å²) in [6, 6.07) is 9.67. The number of ketones is 1. The number of fused-ring (bicyclic) bond motifs is 5. The molecule has 0 radical (unpaired) electrons. The summed E-state index contributed by atoms with van der Waals surface area (Å²) < 4.78 is 0. The molecule has 5 atom stereocenters. The van der Waals surface area contributed by atoms with Crippen LogP contribution in [0.1, 0.15) is 35.2 Å². The molecule has 102 valence electrons. The monoisotopic (exact) mass is 277 g/mol. The normalized spacial score (nSPS) is 39.2. The molecule has 1 unspecified atom stereocenters. The number of carbonyl (C=O) groups is 1. The van der Waals surface area contributed by atoms with Gasteiger partial charge in [0.15, 0.2) is 5.78 Å². The van der Waals surface area contributed by atoms with Crippen LogP contribution in [0.15, 0.2) is 24.3 Å². The second kappa shape index (κ2) is 4.60. The van der Waals surface area contributed by atoms with Gasteiger partial charge < -0.3 is 17.3 Å². The van der Waals surface area contributed by atoms with Crippen molar-refractivity contribution in [3.05, 3.63) is 35.4 Å². The molecular formula is C16H20ClNO. The quantitative estimate of drug-likeness (QED) is 0.589. The molecule has 1 aromatic rings. The van der Waals surface area contributed by atoms with E-state index >= 15 is 0 Å². The van der Waals surface area contributed by atoms with Gasteiger partial charge in [-0.25, -0.2) is 0 Å². The Hall–Kier alpha value is -0.860. The first-order valence-electron chi connectivity index (χ1n) is 7.21. The SMILES string of the molecule is C[NH+]1[C@H]2CC[C@@H]1[C@@H]1C(=O)c3ccccc3C[C@@H]1C2.[Cl-]. The van der Waals surface area contributed by atoms with Gasteiger partial charge in [-0.3, -0.25) is 4.79 Å². The smallest absolute Gasteiger partial charge is 0.172 e. The van der Waals surface area contributed by atoms with E-state index in [0.29, 0.717) is 23.7 Å².